The van der Waals surface area contributed by atoms with Gasteiger partial charge in [-0.05, 0) is 43.2 Å². The van der Waals surface area contributed by atoms with E-state index < -0.39 is 0 Å². The van der Waals surface area contributed by atoms with E-state index in [0.29, 0.717) is 5.69 Å². The minimum absolute atomic E-state index is 0.0531. The number of likely N-dealkylation sites (N-methyl/N-ethyl adjacent to an activating group) is 1. The molecule has 28 heavy (non-hydrogen) atoms. The predicted octanol–water partition coefficient (Wildman–Crippen LogP) is 2.91. The Morgan fingerprint density at radius 2 is 1.64 bits per heavy atom. The van der Waals surface area contributed by atoms with Gasteiger partial charge in [0.1, 0.15) is 0 Å². The molecule has 0 saturated heterocycles. The van der Waals surface area contributed by atoms with Crippen LogP contribution in [0.2, 0.25) is 0 Å². The number of carbonyl (C=O) groups is 3. The molecule has 7 nitrogen and oxygen atoms in total. The largest absolute Gasteiger partial charge is 0.337 e. The van der Waals surface area contributed by atoms with Crippen LogP contribution in [0.15, 0.2) is 48.5 Å². The van der Waals surface area contributed by atoms with Crippen molar-refractivity contribution in [3.8, 4) is 0 Å². The summed E-state index contributed by atoms with van der Waals surface area (Å²) in [6.07, 6.45) is 0.107. The second-order valence-corrected chi connectivity index (χ2v) is 6.54. The molecule has 0 unspecified atom stereocenters. The van der Waals surface area contributed by atoms with Gasteiger partial charge in [-0.25, -0.2) is 4.79 Å². The lowest BCUT2D eigenvalue weighted by Gasteiger charge is -2.18. The SMILES string of the molecule is Cc1cccc(NC(=O)CN(C)C(=O)CCNC(=O)Nc2ccccc2)c1C. The summed E-state index contributed by atoms with van der Waals surface area (Å²) in [6, 6.07) is 14.3. The van der Waals surface area contributed by atoms with Crippen LogP contribution in [-0.4, -0.2) is 42.9 Å². The first kappa shape index (κ1) is 21.0. The second kappa shape index (κ2) is 10.1. The Bertz CT molecular complexity index is 837. The van der Waals surface area contributed by atoms with Gasteiger partial charge in [0.05, 0.1) is 6.54 Å². The Hall–Kier alpha value is -3.35. The average Bonchev–Trinajstić information content (AvgIpc) is 2.66. The van der Waals surface area contributed by atoms with Gasteiger partial charge in [-0.15, -0.1) is 0 Å². The second-order valence-electron chi connectivity index (χ2n) is 6.54. The molecule has 7 heteroatoms. The van der Waals surface area contributed by atoms with Crippen molar-refractivity contribution in [2.75, 3.05) is 30.8 Å². The summed E-state index contributed by atoms with van der Waals surface area (Å²) in [6.45, 7) is 4.04. The van der Waals surface area contributed by atoms with E-state index in [-0.39, 0.29) is 37.4 Å². The third-order valence-electron chi connectivity index (χ3n) is 4.34. The van der Waals surface area contributed by atoms with E-state index in [1.807, 2.05) is 50.2 Å². The van der Waals surface area contributed by atoms with E-state index in [9.17, 15) is 14.4 Å². The summed E-state index contributed by atoms with van der Waals surface area (Å²) in [5.74, 6) is -0.490. The molecule has 2 rings (SSSR count). The Labute approximate surface area is 165 Å². The molecule has 0 atom stereocenters. The molecular formula is C21H26N4O3. The molecule has 0 aromatic heterocycles. The van der Waals surface area contributed by atoms with E-state index in [1.165, 1.54) is 4.90 Å². The number of hydrogen-bond acceptors (Lipinski definition) is 3. The van der Waals surface area contributed by atoms with Crippen molar-refractivity contribution < 1.29 is 14.4 Å². The predicted molar refractivity (Wildman–Crippen MR) is 110 cm³/mol. The number of benzene rings is 2. The number of urea groups is 1. The molecule has 0 aliphatic carbocycles. The van der Waals surface area contributed by atoms with Crippen LogP contribution >= 0.6 is 0 Å². The normalized spacial score (nSPS) is 10.1. The van der Waals surface area contributed by atoms with Crippen molar-refractivity contribution in [3.05, 3.63) is 59.7 Å². The lowest BCUT2D eigenvalue weighted by atomic mass is 10.1. The summed E-state index contributed by atoms with van der Waals surface area (Å²) >= 11 is 0. The minimum atomic E-state index is -0.380. The molecule has 0 spiro atoms. The Kier molecular flexibility index (Phi) is 7.56. The van der Waals surface area contributed by atoms with Gasteiger partial charge in [0.2, 0.25) is 11.8 Å². The van der Waals surface area contributed by atoms with Gasteiger partial charge in [-0.3, -0.25) is 9.59 Å². The quantitative estimate of drug-likeness (QED) is 0.688. The van der Waals surface area contributed by atoms with E-state index in [1.54, 1.807) is 19.2 Å². The highest BCUT2D eigenvalue weighted by Gasteiger charge is 2.14. The molecule has 0 fully saturated rings. The third kappa shape index (κ3) is 6.42. The number of amides is 4. The van der Waals surface area contributed by atoms with Crippen molar-refractivity contribution >= 4 is 29.2 Å². The zero-order chi connectivity index (χ0) is 20.5. The smallest absolute Gasteiger partial charge is 0.319 e. The van der Waals surface area contributed by atoms with Crippen LogP contribution in [0.3, 0.4) is 0 Å². The van der Waals surface area contributed by atoms with Gasteiger partial charge in [-0.2, -0.15) is 0 Å². The van der Waals surface area contributed by atoms with E-state index in [0.717, 1.165) is 16.8 Å². The zero-order valence-electron chi connectivity index (χ0n) is 16.4. The van der Waals surface area contributed by atoms with Crippen LogP contribution in [0.4, 0.5) is 16.2 Å². The van der Waals surface area contributed by atoms with Crippen LogP contribution in [0, 0.1) is 13.8 Å². The standard InChI is InChI=1S/C21H26N4O3/c1-15-8-7-11-18(16(15)2)24-19(26)14-25(3)20(27)12-13-22-21(28)23-17-9-5-4-6-10-17/h4-11H,12-14H2,1-3H3,(H,24,26)(H2,22,23,28). The highest BCUT2D eigenvalue weighted by atomic mass is 16.2. The molecule has 0 aliphatic heterocycles. The summed E-state index contributed by atoms with van der Waals surface area (Å²) < 4.78 is 0. The topological polar surface area (TPSA) is 90.5 Å². The van der Waals surface area contributed by atoms with Gasteiger partial charge in [-0.1, -0.05) is 30.3 Å². The van der Waals surface area contributed by atoms with Crippen LogP contribution in [0.25, 0.3) is 0 Å². The highest BCUT2D eigenvalue weighted by Crippen LogP contribution is 2.17. The van der Waals surface area contributed by atoms with Gasteiger partial charge >= 0.3 is 6.03 Å². The van der Waals surface area contributed by atoms with Gasteiger partial charge in [0.15, 0.2) is 0 Å². The van der Waals surface area contributed by atoms with Crippen LogP contribution in [0.5, 0.6) is 0 Å². The summed E-state index contributed by atoms with van der Waals surface area (Å²) in [7, 11) is 1.56. The Balaban J connectivity index is 1.72. The number of nitrogens with one attached hydrogen (secondary N) is 3. The lowest BCUT2D eigenvalue weighted by molar-refractivity contribution is -0.133. The first-order valence-electron chi connectivity index (χ1n) is 9.06. The molecule has 2 aromatic carbocycles. The molecule has 0 heterocycles. The maximum atomic E-state index is 12.2. The fourth-order valence-electron chi connectivity index (χ4n) is 2.55. The molecule has 0 aliphatic rings. The number of aryl methyl sites for hydroxylation is 1. The van der Waals surface area contributed by atoms with Gasteiger partial charge in [0.25, 0.3) is 0 Å². The maximum absolute atomic E-state index is 12.2. The molecule has 148 valence electrons. The molecule has 0 saturated carbocycles. The van der Waals surface area contributed by atoms with Crippen molar-refractivity contribution in [2.45, 2.75) is 20.3 Å². The van der Waals surface area contributed by atoms with Crippen molar-refractivity contribution in [3.63, 3.8) is 0 Å². The van der Waals surface area contributed by atoms with Crippen molar-refractivity contribution in [1.29, 1.82) is 0 Å². The molecule has 2 aromatic rings. The molecule has 0 bridgehead atoms. The van der Waals surface area contributed by atoms with E-state index in [4.69, 9.17) is 0 Å². The number of rotatable bonds is 7. The van der Waals surface area contributed by atoms with E-state index in [2.05, 4.69) is 16.0 Å². The lowest BCUT2D eigenvalue weighted by Crippen LogP contribution is -2.37. The molecule has 0 radical (unpaired) electrons. The Morgan fingerprint density at radius 3 is 2.36 bits per heavy atom. The fourth-order valence-corrected chi connectivity index (χ4v) is 2.55. The maximum Gasteiger partial charge on any atom is 0.319 e. The summed E-state index contributed by atoms with van der Waals surface area (Å²) in [5.41, 5.74) is 3.50. The number of hydrogen-bond donors (Lipinski definition) is 3. The third-order valence-corrected chi connectivity index (χ3v) is 4.34. The summed E-state index contributed by atoms with van der Waals surface area (Å²) in [5, 5.41) is 8.13. The molecule has 4 amide bonds. The van der Waals surface area contributed by atoms with Gasteiger partial charge in [0, 0.05) is 31.4 Å². The fraction of sp³-hybridized carbons (Fsp3) is 0.286. The van der Waals surface area contributed by atoms with Crippen molar-refractivity contribution in [2.24, 2.45) is 0 Å². The Morgan fingerprint density at radius 1 is 0.929 bits per heavy atom. The molecular weight excluding hydrogens is 356 g/mol. The first-order valence-corrected chi connectivity index (χ1v) is 9.06. The highest BCUT2D eigenvalue weighted by molar-refractivity contribution is 5.95. The number of carbonyl (C=O) groups excluding carboxylic acids is 3. The number of para-hydroxylation sites is 1. The minimum Gasteiger partial charge on any atom is -0.337 e. The van der Waals surface area contributed by atoms with Crippen molar-refractivity contribution in [1.82, 2.24) is 10.2 Å². The molecule has 3 N–H and O–H groups in total. The summed E-state index contributed by atoms with van der Waals surface area (Å²) in [4.78, 5) is 37.5. The first-order chi connectivity index (χ1) is 13.4. The average molecular weight is 382 g/mol. The number of anilines is 2. The van der Waals surface area contributed by atoms with E-state index >= 15 is 0 Å². The van der Waals surface area contributed by atoms with Gasteiger partial charge < -0.3 is 20.9 Å². The number of nitrogens with zero attached hydrogens (tertiary/aromatic N) is 1. The zero-order valence-corrected chi connectivity index (χ0v) is 16.4. The van der Waals surface area contributed by atoms with Crippen LogP contribution in [0.1, 0.15) is 17.5 Å². The van der Waals surface area contributed by atoms with Crippen LogP contribution < -0.4 is 16.0 Å². The van der Waals surface area contributed by atoms with Crippen LogP contribution in [-0.2, 0) is 9.59 Å². The monoisotopic (exact) mass is 382 g/mol.